The van der Waals surface area contributed by atoms with Gasteiger partial charge in [0.2, 0.25) is 11.9 Å². The van der Waals surface area contributed by atoms with Gasteiger partial charge in [-0.15, -0.1) is 0 Å². The number of rotatable bonds is 5. The second-order valence-corrected chi connectivity index (χ2v) is 6.36. The van der Waals surface area contributed by atoms with E-state index in [1.165, 1.54) is 0 Å². The summed E-state index contributed by atoms with van der Waals surface area (Å²) in [7, 11) is 3.81. The van der Waals surface area contributed by atoms with Crippen molar-refractivity contribution in [1.29, 1.82) is 0 Å². The molecular formula is C17H23N7O. The van der Waals surface area contributed by atoms with E-state index in [0.29, 0.717) is 18.3 Å². The summed E-state index contributed by atoms with van der Waals surface area (Å²) in [6, 6.07) is 1.87. The van der Waals surface area contributed by atoms with Crippen LogP contribution in [0.25, 0.3) is 0 Å². The Balaban J connectivity index is 1.79. The maximum absolute atomic E-state index is 12.6. The van der Waals surface area contributed by atoms with E-state index in [1.807, 2.05) is 30.0 Å². The van der Waals surface area contributed by atoms with Crippen molar-refractivity contribution in [3.63, 3.8) is 0 Å². The maximum atomic E-state index is 12.6. The van der Waals surface area contributed by atoms with Gasteiger partial charge in [0.15, 0.2) is 5.82 Å². The summed E-state index contributed by atoms with van der Waals surface area (Å²) in [6.45, 7) is 1.18. The third-order valence-corrected chi connectivity index (χ3v) is 4.10. The number of aromatic nitrogens is 4. The molecule has 0 aromatic carbocycles. The highest BCUT2D eigenvalue weighted by molar-refractivity contribution is 5.78. The van der Waals surface area contributed by atoms with Crippen molar-refractivity contribution >= 4 is 17.7 Å². The summed E-state index contributed by atoms with van der Waals surface area (Å²) in [5, 5.41) is 3.05. The molecule has 8 heteroatoms. The third kappa shape index (κ3) is 4.48. The molecule has 1 atom stereocenters. The number of carbonyl (C=O) groups excluding carboxylic acids is 1. The van der Waals surface area contributed by atoms with Crippen LogP contribution in [-0.2, 0) is 4.79 Å². The second kappa shape index (κ2) is 7.98. The zero-order valence-electron chi connectivity index (χ0n) is 14.6. The molecule has 0 saturated carbocycles. The van der Waals surface area contributed by atoms with Crippen LogP contribution in [0.5, 0.6) is 0 Å². The largest absolute Gasteiger partial charge is 0.333 e. The van der Waals surface area contributed by atoms with Crippen LogP contribution in [0.1, 0.15) is 31.0 Å². The first-order valence-corrected chi connectivity index (χ1v) is 8.43. The molecule has 1 amide bonds. The number of likely N-dealkylation sites (tertiary alicyclic amines) is 1. The molecule has 8 nitrogen and oxygen atoms in total. The Bertz CT molecular complexity index is 707. The highest BCUT2D eigenvalue weighted by Crippen LogP contribution is 2.30. The van der Waals surface area contributed by atoms with E-state index in [0.717, 1.165) is 31.5 Å². The Morgan fingerprint density at radius 3 is 2.92 bits per heavy atom. The average molecular weight is 341 g/mol. The molecule has 2 aromatic rings. The van der Waals surface area contributed by atoms with Crippen LogP contribution in [0.3, 0.4) is 0 Å². The highest BCUT2D eigenvalue weighted by atomic mass is 16.2. The molecule has 0 aliphatic carbocycles. The molecule has 1 N–H and O–H groups in total. The van der Waals surface area contributed by atoms with Gasteiger partial charge >= 0.3 is 0 Å². The normalized spacial score (nSPS) is 17.6. The molecule has 3 heterocycles. The van der Waals surface area contributed by atoms with Crippen LogP contribution in [0, 0.1) is 0 Å². The Morgan fingerprint density at radius 1 is 1.28 bits per heavy atom. The van der Waals surface area contributed by atoms with Gasteiger partial charge in [-0.1, -0.05) is 0 Å². The number of amides is 1. The lowest BCUT2D eigenvalue weighted by Crippen LogP contribution is -2.43. The summed E-state index contributed by atoms with van der Waals surface area (Å²) in [6.07, 6.45) is 9.58. The van der Waals surface area contributed by atoms with Crippen LogP contribution in [-0.4, -0.2) is 62.8 Å². The fraction of sp³-hybridized carbons (Fsp3) is 0.471. The number of nitrogens with one attached hydrogen (secondary N) is 1. The molecular weight excluding hydrogens is 318 g/mol. The van der Waals surface area contributed by atoms with E-state index in [1.54, 1.807) is 24.8 Å². The smallest absolute Gasteiger partial charge is 0.237 e. The van der Waals surface area contributed by atoms with Gasteiger partial charge < -0.3 is 15.1 Å². The monoisotopic (exact) mass is 341 g/mol. The van der Waals surface area contributed by atoms with Crippen molar-refractivity contribution in [3.05, 3.63) is 36.5 Å². The summed E-state index contributed by atoms with van der Waals surface area (Å²) in [4.78, 5) is 33.5. The van der Waals surface area contributed by atoms with Gasteiger partial charge in [-0.3, -0.25) is 9.78 Å². The summed E-state index contributed by atoms with van der Waals surface area (Å²) < 4.78 is 0. The van der Waals surface area contributed by atoms with E-state index in [2.05, 4.69) is 25.3 Å². The molecule has 0 unspecified atom stereocenters. The second-order valence-electron chi connectivity index (χ2n) is 6.36. The minimum absolute atomic E-state index is 0.00777. The topological polar surface area (TPSA) is 87.1 Å². The number of likely N-dealkylation sites (N-methyl/N-ethyl adjacent to an activating group) is 1. The standard InChI is InChI=1S/C17H23N7O/c1-23(2)12-16(25)24-10-4-3-5-14(24)13-6-7-20-17(21-13)22-15-11-18-8-9-19-15/h6-9,11,14H,3-5,10,12H2,1-2H3,(H,19,20,21,22)/t14-/m0/s1. The van der Waals surface area contributed by atoms with Crippen molar-refractivity contribution in [1.82, 2.24) is 29.7 Å². The van der Waals surface area contributed by atoms with Crippen molar-refractivity contribution in [2.24, 2.45) is 0 Å². The Morgan fingerprint density at radius 2 is 2.16 bits per heavy atom. The van der Waals surface area contributed by atoms with E-state index in [-0.39, 0.29) is 11.9 Å². The van der Waals surface area contributed by atoms with Crippen molar-refractivity contribution in [3.8, 4) is 0 Å². The fourth-order valence-corrected chi connectivity index (χ4v) is 3.00. The minimum atomic E-state index is -0.00777. The first-order chi connectivity index (χ1) is 12.1. The molecule has 0 bridgehead atoms. The van der Waals surface area contributed by atoms with Crippen LogP contribution in [0.15, 0.2) is 30.9 Å². The SMILES string of the molecule is CN(C)CC(=O)N1CCCC[C@H]1c1ccnc(Nc2cnccn2)n1. The molecule has 1 aliphatic heterocycles. The van der Waals surface area contributed by atoms with E-state index < -0.39 is 0 Å². The van der Waals surface area contributed by atoms with Crippen molar-refractivity contribution < 1.29 is 4.79 Å². The summed E-state index contributed by atoms with van der Waals surface area (Å²) >= 11 is 0. The number of hydrogen-bond donors (Lipinski definition) is 1. The predicted octanol–water partition coefficient (Wildman–Crippen LogP) is 1.63. The van der Waals surface area contributed by atoms with E-state index in [9.17, 15) is 4.79 Å². The number of anilines is 2. The van der Waals surface area contributed by atoms with Gasteiger partial charge in [0, 0.05) is 25.1 Å². The number of piperidine rings is 1. The molecule has 132 valence electrons. The predicted molar refractivity (Wildman–Crippen MR) is 94.2 cm³/mol. The number of hydrogen-bond acceptors (Lipinski definition) is 7. The van der Waals surface area contributed by atoms with Gasteiger partial charge in [-0.2, -0.15) is 0 Å². The van der Waals surface area contributed by atoms with Crippen molar-refractivity contribution in [2.75, 3.05) is 32.5 Å². The maximum Gasteiger partial charge on any atom is 0.237 e. The average Bonchev–Trinajstić information content (AvgIpc) is 2.62. The van der Waals surface area contributed by atoms with Gasteiger partial charge in [0.05, 0.1) is 24.5 Å². The van der Waals surface area contributed by atoms with E-state index in [4.69, 9.17) is 0 Å². The van der Waals surface area contributed by atoms with Gasteiger partial charge in [0.1, 0.15) is 0 Å². The van der Waals surface area contributed by atoms with Crippen LogP contribution < -0.4 is 5.32 Å². The number of carbonyl (C=O) groups is 1. The zero-order valence-corrected chi connectivity index (χ0v) is 14.6. The first kappa shape index (κ1) is 17.2. The molecule has 1 saturated heterocycles. The molecule has 3 rings (SSSR count). The molecule has 0 spiro atoms. The van der Waals surface area contributed by atoms with Crippen LogP contribution in [0.2, 0.25) is 0 Å². The lowest BCUT2D eigenvalue weighted by atomic mass is 9.99. The Kier molecular flexibility index (Phi) is 5.49. The lowest BCUT2D eigenvalue weighted by molar-refractivity contribution is -0.135. The highest BCUT2D eigenvalue weighted by Gasteiger charge is 2.29. The van der Waals surface area contributed by atoms with Gasteiger partial charge in [0.25, 0.3) is 0 Å². The van der Waals surface area contributed by atoms with Gasteiger partial charge in [-0.25, -0.2) is 15.0 Å². The summed E-state index contributed by atoms with van der Waals surface area (Å²) in [5.41, 5.74) is 0.855. The Labute approximate surface area is 147 Å². The molecule has 2 aromatic heterocycles. The molecule has 25 heavy (non-hydrogen) atoms. The zero-order chi connectivity index (χ0) is 17.6. The van der Waals surface area contributed by atoms with Crippen molar-refractivity contribution in [2.45, 2.75) is 25.3 Å². The summed E-state index contributed by atoms with van der Waals surface area (Å²) in [5.74, 6) is 1.18. The van der Waals surface area contributed by atoms with E-state index >= 15 is 0 Å². The Hall–Kier alpha value is -2.61. The lowest BCUT2D eigenvalue weighted by Gasteiger charge is -2.36. The fourth-order valence-electron chi connectivity index (χ4n) is 3.00. The third-order valence-electron chi connectivity index (χ3n) is 4.10. The first-order valence-electron chi connectivity index (χ1n) is 8.43. The molecule has 1 fully saturated rings. The molecule has 1 aliphatic rings. The minimum Gasteiger partial charge on any atom is -0.333 e. The van der Waals surface area contributed by atoms with Crippen LogP contribution >= 0.6 is 0 Å². The van der Waals surface area contributed by atoms with Gasteiger partial charge in [-0.05, 0) is 39.4 Å². The number of nitrogens with zero attached hydrogens (tertiary/aromatic N) is 6. The quantitative estimate of drug-likeness (QED) is 0.884. The van der Waals surface area contributed by atoms with Crippen LogP contribution in [0.4, 0.5) is 11.8 Å². The molecule has 0 radical (unpaired) electrons.